The minimum absolute atomic E-state index is 0.155. The molecule has 0 spiro atoms. The van der Waals surface area contributed by atoms with Crippen molar-refractivity contribution in [1.82, 2.24) is 0 Å². The van der Waals surface area contributed by atoms with Gasteiger partial charge in [-0.05, 0) is 48.6 Å². The van der Waals surface area contributed by atoms with Crippen LogP contribution < -0.4 is 9.47 Å². The highest BCUT2D eigenvalue weighted by molar-refractivity contribution is 6.10. The van der Waals surface area contributed by atoms with E-state index in [0.29, 0.717) is 24.3 Å². The van der Waals surface area contributed by atoms with Crippen molar-refractivity contribution in [2.45, 2.75) is 64.9 Å². The highest BCUT2D eigenvalue weighted by atomic mass is 16.5. The predicted octanol–water partition coefficient (Wildman–Crippen LogP) is 6.94. The molecule has 164 valence electrons. The van der Waals surface area contributed by atoms with Gasteiger partial charge in [0.15, 0.2) is 0 Å². The van der Waals surface area contributed by atoms with E-state index in [9.17, 15) is 4.79 Å². The van der Waals surface area contributed by atoms with Crippen molar-refractivity contribution in [1.29, 1.82) is 0 Å². The van der Waals surface area contributed by atoms with Gasteiger partial charge in [0.05, 0.1) is 7.11 Å². The Morgan fingerprint density at radius 3 is 2.48 bits per heavy atom. The van der Waals surface area contributed by atoms with Gasteiger partial charge in [-0.15, -0.1) is 6.58 Å². The van der Waals surface area contributed by atoms with Crippen LogP contribution in [-0.4, -0.2) is 12.9 Å². The Hall–Kier alpha value is -2.99. The van der Waals surface area contributed by atoms with Gasteiger partial charge in [-0.1, -0.05) is 69.2 Å². The largest absolute Gasteiger partial charge is 0.497 e. The molecule has 31 heavy (non-hydrogen) atoms. The minimum atomic E-state index is -0.155. The van der Waals surface area contributed by atoms with Gasteiger partial charge in [0.25, 0.3) is 0 Å². The van der Waals surface area contributed by atoms with E-state index in [-0.39, 0.29) is 5.78 Å². The van der Waals surface area contributed by atoms with E-state index < -0.39 is 0 Å². The van der Waals surface area contributed by atoms with Crippen LogP contribution in [0.3, 0.4) is 0 Å². The molecule has 0 fully saturated rings. The van der Waals surface area contributed by atoms with E-state index in [4.69, 9.17) is 9.47 Å². The quantitative estimate of drug-likeness (QED) is 0.116. The normalized spacial score (nSPS) is 10.1. The molecule has 3 heteroatoms. The van der Waals surface area contributed by atoms with Gasteiger partial charge in [0, 0.05) is 17.5 Å². The van der Waals surface area contributed by atoms with Gasteiger partial charge in [-0.2, -0.15) is 0 Å². The van der Waals surface area contributed by atoms with E-state index in [1.54, 1.807) is 13.2 Å². The number of carbonyl (C=O) groups excluding carboxylic acids is 1. The molecular formula is C28H34O3. The second-order valence-electron chi connectivity index (χ2n) is 7.56. The Morgan fingerprint density at radius 2 is 1.77 bits per heavy atom. The molecule has 0 N–H and O–H groups in total. The zero-order valence-electron chi connectivity index (χ0n) is 18.9. The summed E-state index contributed by atoms with van der Waals surface area (Å²) >= 11 is 0. The number of allylic oxidation sites excluding steroid dienone is 1. The van der Waals surface area contributed by atoms with E-state index in [2.05, 4.69) is 25.3 Å². The molecule has 0 atom stereocenters. The molecule has 0 unspecified atom stereocenters. The molecule has 3 nitrogen and oxygen atoms in total. The standard InChI is InChI=1S/C28H34O3/c1-4-6-7-8-9-10-11-12-16-27(29)25-15-13-17-28(26(25)14-5-2)31-22-23-18-20-24(30-3)21-19-23/h5,13,15,17-21H,2,4,6-11,14,22H2,1,3H3. The number of rotatable bonds is 13. The maximum Gasteiger partial charge on any atom is 0.236 e. The summed E-state index contributed by atoms with van der Waals surface area (Å²) < 4.78 is 11.2. The van der Waals surface area contributed by atoms with Gasteiger partial charge in [-0.3, -0.25) is 4.79 Å². The van der Waals surface area contributed by atoms with Gasteiger partial charge >= 0.3 is 0 Å². The average Bonchev–Trinajstić information content (AvgIpc) is 2.80. The number of ether oxygens (including phenoxy) is 2. The summed E-state index contributed by atoms with van der Waals surface area (Å²) in [7, 11) is 1.64. The summed E-state index contributed by atoms with van der Waals surface area (Å²) in [6, 6.07) is 13.3. The molecule has 0 aromatic heterocycles. The molecule has 2 aromatic rings. The second kappa shape index (κ2) is 14.1. The number of ketones is 1. The van der Waals surface area contributed by atoms with Crippen molar-refractivity contribution in [2.75, 3.05) is 7.11 Å². The molecule has 0 bridgehead atoms. The molecule has 2 rings (SSSR count). The van der Waals surface area contributed by atoms with Gasteiger partial charge < -0.3 is 9.47 Å². The van der Waals surface area contributed by atoms with Crippen LogP contribution in [0.5, 0.6) is 11.5 Å². The number of Topliss-reactive ketones (excluding diaryl/α,β-unsaturated/α-hetero) is 1. The van der Waals surface area contributed by atoms with Crippen LogP contribution in [0.2, 0.25) is 0 Å². The topological polar surface area (TPSA) is 35.5 Å². The lowest BCUT2D eigenvalue weighted by molar-refractivity contribution is 0.105. The highest BCUT2D eigenvalue weighted by Gasteiger charge is 2.13. The fraction of sp³-hybridized carbons (Fsp3) is 0.393. The molecule has 0 aliphatic carbocycles. The van der Waals surface area contributed by atoms with Crippen molar-refractivity contribution < 1.29 is 14.3 Å². The lowest BCUT2D eigenvalue weighted by atomic mass is 9.99. The summed E-state index contributed by atoms with van der Waals surface area (Å²) in [6.07, 6.45) is 10.4. The first-order valence-electron chi connectivity index (χ1n) is 11.2. The van der Waals surface area contributed by atoms with Crippen LogP contribution in [0.1, 0.15) is 73.4 Å². The third kappa shape index (κ3) is 8.34. The van der Waals surface area contributed by atoms with Crippen LogP contribution >= 0.6 is 0 Å². The summed E-state index contributed by atoms with van der Waals surface area (Å²) in [6.45, 7) is 6.47. The maximum atomic E-state index is 12.7. The molecule has 0 aliphatic rings. The van der Waals surface area contributed by atoms with E-state index in [0.717, 1.165) is 29.7 Å². The van der Waals surface area contributed by atoms with Crippen LogP contribution in [-0.2, 0) is 13.0 Å². The van der Waals surface area contributed by atoms with Crippen molar-refractivity contribution in [3.05, 3.63) is 71.8 Å². The second-order valence-corrected chi connectivity index (χ2v) is 7.56. The first-order valence-corrected chi connectivity index (χ1v) is 11.2. The highest BCUT2D eigenvalue weighted by Crippen LogP contribution is 2.25. The Balaban J connectivity index is 2.00. The Kier molecular flexibility index (Phi) is 11.0. The Bertz CT molecular complexity index is 885. The van der Waals surface area contributed by atoms with Gasteiger partial charge in [-0.25, -0.2) is 0 Å². The average molecular weight is 419 g/mol. The molecule has 0 amide bonds. The number of carbonyl (C=O) groups is 1. The molecule has 0 aliphatic heterocycles. The number of unbranched alkanes of at least 4 members (excludes halogenated alkanes) is 6. The zero-order valence-corrected chi connectivity index (χ0v) is 18.9. The van der Waals surface area contributed by atoms with Gasteiger partial charge in [0.1, 0.15) is 18.1 Å². The monoisotopic (exact) mass is 418 g/mol. The number of hydrogen-bond acceptors (Lipinski definition) is 3. The van der Waals surface area contributed by atoms with Crippen LogP contribution in [0.4, 0.5) is 0 Å². The number of hydrogen-bond donors (Lipinski definition) is 0. The molecular weight excluding hydrogens is 384 g/mol. The van der Waals surface area contributed by atoms with E-state index >= 15 is 0 Å². The summed E-state index contributed by atoms with van der Waals surface area (Å²) in [5.74, 6) is 7.22. The van der Waals surface area contributed by atoms with Crippen molar-refractivity contribution in [3.63, 3.8) is 0 Å². The molecule has 0 radical (unpaired) electrons. The lowest BCUT2D eigenvalue weighted by Crippen LogP contribution is -2.05. The number of benzene rings is 2. The molecule has 0 heterocycles. The van der Waals surface area contributed by atoms with E-state index in [1.807, 2.05) is 42.5 Å². The third-order valence-electron chi connectivity index (χ3n) is 5.14. The first kappa shape index (κ1) is 24.3. The molecule has 2 aromatic carbocycles. The van der Waals surface area contributed by atoms with Crippen LogP contribution in [0.25, 0.3) is 0 Å². The SMILES string of the molecule is C=CCc1c(OCc2ccc(OC)cc2)cccc1C(=O)C#CCCCCCCCC. The van der Waals surface area contributed by atoms with Crippen molar-refractivity contribution in [3.8, 4) is 23.3 Å². The van der Waals surface area contributed by atoms with Crippen molar-refractivity contribution >= 4 is 5.78 Å². The molecule has 0 saturated heterocycles. The minimum Gasteiger partial charge on any atom is -0.497 e. The summed E-state index contributed by atoms with van der Waals surface area (Å²) in [5.41, 5.74) is 2.47. The zero-order chi connectivity index (χ0) is 22.3. The smallest absolute Gasteiger partial charge is 0.236 e. The Labute approximate surface area is 187 Å². The van der Waals surface area contributed by atoms with E-state index in [1.165, 1.54) is 32.1 Å². The number of methoxy groups -OCH3 is 1. The fourth-order valence-electron chi connectivity index (χ4n) is 3.36. The predicted molar refractivity (Wildman–Crippen MR) is 128 cm³/mol. The van der Waals surface area contributed by atoms with Crippen LogP contribution in [0, 0.1) is 11.8 Å². The van der Waals surface area contributed by atoms with Gasteiger partial charge in [0.2, 0.25) is 5.78 Å². The third-order valence-corrected chi connectivity index (χ3v) is 5.14. The summed E-state index contributed by atoms with van der Waals surface area (Å²) in [4.78, 5) is 12.7. The first-order chi connectivity index (χ1) is 15.2. The summed E-state index contributed by atoms with van der Waals surface area (Å²) in [5, 5.41) is 0. The lowest BCUT2D eigenvalue weighted by Gasteiger charge is -2.13. The maximum absolute atomic E-state index is 12.7. The van der Waals surface area contributed by atoms with Crippen LogP contribution in [0.15, 0.2) is 55.1 Å². The van der Waals surface area contributed by atoms with Crippen molar-refractivity contribution in [2.24, 2.45) is 0 Å². The molecule has 0 saturated carbocycles. The fourth-order valence-corrected chi connectivity index (χ4v) is 3.36. The Morgan fingerprint density at radius 1 is 1.03 bits per heavy atom.